The van der Waals surface area contributed by atoms with E-state index in [2.05, 4.69) is 22.8 Å². The van der Waals surface area contributed by atoms with Crippen molar-refractivity contribution in [2.75, 3.05) is 11.9 Å². The average molecular weight is 300 g/mol. The van der Waals surface area contributed by atoms with Crippen LogP contribution < -0.4 is 10.6 Å². The summed E-state index contributed by atoms with van der Waals surface area (Å²) in [6.07, 6.45) is 11.9. The van der Waals surface area contributed by atoms with Gasteiger partial charge in [-0.15, -0.1) is 0 Å². The summed E-state index contributed by atoms with van der Waals surface area (Å²) in [4.78, 5) is 11.9. The highest BCUT2D eigenvalue weighted by Crippen LogP contribution is 2.32. The zero-order valence-electron chi connectivity index (χ0n) is 13.4. The number of benzene rings is 1. The minimum absolute atomic E-state index is 0.0719. The van der Waals surface area contributed by atoms with Crippen molar-refractivity contribution in [2.24, 2.45) is 5.92 Å². The van der Waals surface area contributed by atoms with Crippen LogP contribution in [0.1, 0.15) is 69.3 Å². The van der Waals surface area contributed by atoms with Gasteiger partial charge in [-0.1, -0.05) is 44.2 Å². The van der Waals surface area contributed by atoms with Crippen molar-refractivity contribution in [3.8, 4) is 0 Å². The fourth-order valence-electron chi connectivity index (χ4n) is 3.90. The van der Waals surface area contributed by atoms with E-state index in [1.165, 1.54) is 63.4 Å². The second-order valence-electron chi connectivity index (χ2n) is 6.94. The van der Waals surface area contributed by atoms with E-state index in [0.717, 1.165) is 18.2 Å². The molecule has 0 radical (unpaired) electrons. The first-order chi connectivity index (χ1) is 10.8. The summed E-state index contributed by atoms with van der Waals surface area (Å²) < 4.78 is 0. The SMILES string of the molecule is O=C(NCC1CCCC1)Nc1ccc(C2CCCCC2)cc1. The Morgan fingerprint density at radius 2 is 1.55 bits per heavy atom. The largest absolute Gasteiger partial charge is 0.338 e. The maximum atomic E-state index is 11.9. The Labute approximate surface area is 133 Å². The topological polar surface area (TPSA) is 41.1 Å². The van der Waals surface area contributed by atoms with Gasteiger partial charge in [0.2, 0.25) is 0 Å². The van der Waals surface area contributed by atoms with Gasteiger partial charge in [0.25, 0.3) is 0 Å². The molecule has 2 aliphatic carbocycles. The molecule has 2 fully saturated rings. The first kappa shape index (κ1) is 15.4. The summed E-state index contributed by atoms with van der Waals surface area (Å²) in [7, 11) is 0. The number of hydrogen-bond acceptors (Lipinski definition) is 1. The van der Waals surface area contributed by atoms with Gasteiger partial charge in [0, 0.05) is 12.2 Å². The highest BCUT2D eigenvalue weighted by Gasteiger charge is 2.16. The maximum absolute atomic E-state index is 11.9. The Morgan fingerprint density at radius 3 is 2.23 bits per heavy atom. The standard InChI is InChI=1S/C19H28N2O/c22-19(20-14-15-6-4-5-7-15)21-18-12-10-17(11-13-18)16-8-2-1-3-9-16/h10-13,15-16H,1-9,14H2,(H2,20,21,22). The van der Waals surface area contributed by atoms with Crippen LogP contribution in [-0.4, -0.2) is 12.6 Å². The van der Waals surface area contributed by atoms with Gasteiger partial charge in [-0.25, -0.2) is 4.79 Å². The molecule has 3 nitrogen and oxygen atoms in total. The number of urea groups is 1. The lowest BCUT2D eigenvalue weighted by molar-refractivity contribution is 0.250. The van der Waals surface area contributed by atoms with E-state index in [4.69, 9.17) is 0 Å². The summed E-state index contributed by atoms with van der Waals surface area (Å²) in [6, 6.07) is 8.38. The van der Waals surface area contributed by atoms with E-state index in [0.29, 0.717) is 5.92 Å². The fraction of sp³-hybridized carbons (Fsp3) is 0.632. The molecule has 0 heterocycles. The van der Waals surface area contributed by atoms with Crippen LogP contribution in [0.4, 0.5) is 10.5 Å². The highest BCUT2D eigenvalue weighted by molar-refractivity contribution is 5.89. The van der Waals surface area contributed by atoms with Gasteiger partial charge in [-0.2, -0.15) is 0 Å². The minimum Gasteiger partial charge on any atom is -0.338 e. The van der Waals surface area contributed by atoms with Gasteiger partial charge in [0.15, 0.2) is 0 Å². The number of hydrogen-bond donors (Lipinski definition) is 2. The van der Waals surface area contributed by atoms with E-state index < -0.39 is 0 Å². The van der Waals surface area contributed by atoms with Crippen LogP contribution in [0.25, 0.3) is 0 Å². The number of rotatable bonds is 4. The molecular formula is C19H28N2O. The molecule has 2 aliphatic rings. The van der Waals surface area contributed by atoms with Gasteiger partial charge < -0.3 is 10.6 Å². The molecule has 0 bridgehead atoms. The summed E-state index contributed by atoms with van der Waals surface area (Å²) in [5.74, 6) is 1.40. The van der Waals surface area contributed by atoms with Crippen molar-refractivity contribution in [3.05, 3.63) is 29.8 Å². The van der Waals surface area contributed by atoms with Crippen molar-refractivity contribution in [3.63, 3.8) is 0 Å². The molecule has 2 saturated carbocycles. The molecule has 0 spiro atoms. The van der Waals surface area contributed by atoms with Crippen LogP contribution in [0.15, 0.2) is 24.3 Å². The number of anilines is 1. The van der Waals surface area contributed by atoms with Crippen molar-refractivity contribution in [1.82, 2.24) is 5.32 Å². The molecule has 3 heteroatoms. The van der Waals surface area contributed by atoms with Crippen LogP contribution >= 0.6 is 0 Å². The van der Waals surface area contributed by atoms with Crippen molar-refractivity contribution < 1.29 is 4.79 Å². The minimum atomic E-state index is -0.0719. The average Bonchev–Trinajstić information content (AvgIpc) is 3.08. The molecule has 3 rings (SSSR count). The molecule has 2 N–H and O–H groups in total. The van der Waals surface area contributed by atoms with E-state index in [-0.39, 0.29) is 6.03 Å². The summed E-state index contributed by atoms with van der Waals surface area (Å²) in [5.41, 5.74) is 2.32. The molecule has 0 atom stereocenters. The van der Waals surface area contributed by atoms with Gasteiger partial charge in [0.05, 0.1) is 0 Å². The molecule has 1 aromatic rings. The van der Waals surface area contributed by atoms with Crippen LogP contribution in [0.5, 0.6) is 0 Å². The number of nitrogens with one attached hydrogen (secondary N) is 2. The van der Waals surface area contributed by atoms with E-state index in [1.807, 2.05) is 12.1 Å². The maximum Gasteiger partial charge on any atom is 0.319 e. The second kappa shape index (κ2) is 7.66. The van der Waals surface area contributed by atoms with E-state index in [1.54, 1.807) is 0 Å². The van der Waals surface area contributed by atoms with E-state index >= 15 is 0 Å². The summed E-state index contributed by atoms with van der Waals surface area (Å²) in [5, 5.41) is 5.95. The predicted molar refractivity (Wildman–Crippen MR) is 91.2 cm³/mol. The van der Waals surface area contributed by atoms with E-state index in [9.17, 15) is 4.79 Å². The zero-order valence-corrected chi connectivity index (χ0v) is 13.4. The first-order valence-electron chi connectivity index (χ1n) is 8.96. The van der Waals surface area contributed by atoms with Crippen LogP contribution in [0.3, 0.4) is 0 Å². The molecule has 120 valence electrons. The Bertz CT molecular complexity index is 471. The van der Waals surface area contributed by atoms with Crippen molar-refractivity contribution >= 4 is 11.7 Å². The lowest BCUT2D eigenvalue weighted by atomic mass is 9.84. The van der Waals surface area contributed by atoms with Crippen molar-refractivity contribution in [1.29, 1.82) is 0 Å². The number of carbonyl (C=O) groups is 1. The lowest BCUT2D eigenvalue weighted by Crippen LogP contribution is -2.32. The predicted octanol–water partition coefficient (Wildman–Crippen LogP) is 5.05. The van der Waals surface area contributed by atoms with Gasteiger partial charge in [0.1, 0.15) is 0 Å². The first-order valence-corrected chi connectivity index (χ1v) is 8.96. The van der Waals surface area contributed by atoms with Crippen molar-refractivity contribution in [2.45, 2.75) is 63.7 Å². The molecule has 0 saturated heterocycles. The second-order valence-corrected chi connectivity index (χ2v) is 6.94. The highest BCUT2D eigenvalue weighted by atomic mass is 16.2. The number of amides is 2. The monoisotopic (exact) mass is 300 g/mol. The molecular weight excluding hydrogens is 272 g/mol. The molecule has 1 aromatic carbocycles. The quantitative estimate of drug-likeness (QED) is 0.803. The molecule has 0 aliphatic heterocycles. The third-order valence-electron chi connectivity index (χ3n) is 5.27. The van der Waals surface area contributed by atoms with Crippen LogP contribution in [0.2, 0.25) is 0 Å². The van der Waals surface area contributed by atoms with Gasteiger partial charge in [-0.3, -0.25) is 0 Å². The number of carbonyl (C=O) groups excluding carboxylic acids is 1. The molecule has 0 unspecified atom stereocenters. The molecule has 22 heavy (non-hydrogen) atoms. The Balaban J connectivity index is 1.46. The molecule has 0 aromatic heterocycles. The fourth-order valence-corrected chi connectivity index (χ4v) is 3.90. The lowest BCUT2D eigenvalue weighted by Gasteiger charge is -2.22. The Kier molecular flexibility index (Phi) is 5.36. The zero-order chi connectivity index (χ0) is 15.2. The van der Waals surface area contributed by atoms with Crippen LogP contribution in [-0.2, 0) is 0 Å². The molecule has 2 amide bonds. The van der Waals surface area contributed by atoms with Crippen LogP contribution in [0, 0.1) is 5.92 Å². The van der Waals surface area contributed by atoms with Gasteiger partial charge in [-0.05, 0) is 55.2 Å². The summed E-state index contributed by atoms with van der Waals surface area (Å²) >= 11 is 0. The third-order valence-corrected chi connectivity index (χ3v) is 5.27. The summed E-state index contributed by atoms with van der Waals surface area (Å²) in [6.45, 7) is 0.811. The third kappa shape index (κ3) is 4.25. The smallest absolute Gasteiger partial charge is 0.319 e. The Hall–Kier alpha value is -1.51. The normalized spacial score (nSPS) is 20.0. The Morgan fingerprint density at radius 1 is 0.909 bits per heavy atom. The van der Waals surface area contributed by atoms with Gasteiger partial charge >= 0.3 is 6.03 Å².